The quantitative estimate of drug-likeness (QED) is 0.101. The molecule has 1 aromatic heterocycles. The molecule has 38 heavy (non-hydrogen) atoms. The predicted octanol–water partition coefficient (Wildman–Crippen LogP) is 9.31. The first-order chi connectivity index (χ1) is 18.6. The molecule has 0 saturated carbocycles. The molecule has 0 N–H and O–H groups in total. The lowest BCUT2D eigenvalue weighted by atomic mass is 10.1. The fourth-order valence-corrected chi connectivity index (χ4v) is 4.55. The van der Waals surface area contributed by atoms with Crippen LogP contribution in [0.2, 0.25) is 0 Å². The number of halogens is 1. The van der Waals surface area contributed by atoms with E-state index >= 15 is 0 Å². The van der Waals surface area contributed by atoms with Crippen LogP contribution in [-0.4, -0.2) is 15.9 Å². The molecule has 0 spiro atoms. The monoisotopic (exact) mass is 518 g/mol. The summed E-state index contributed by atoms with van der Waals surface area (Å²) in [5, 5.41) is 0. The van der Waals surface area contributed by atoms with Crippen molar-refractivity contribution in [2.24, 2.45) is 0 Å². The second-order valence-corrected chi connectivity index (χ2v) is 10.2. The molecular formula is C33H43FN2O2. The number of hydrogen-bond acceptors (Lipinski definition) is 4. The van der Waals surface area contributed by atoms with E-state index in [1.807, 2.05) is 18.5 Å². The lowest BCUT2D eigenvalue weighted by Gasteiger charge is -2.08. The van der Waals surface area contributed by atoms with E-state index in [0.717, 1.165) is 48.8 Å². The van der Waals surface area contributed by atoms with Crippen LogP contribution in [0.3, 0.4) is 0 Å². The molecule has 0 saturated heterocycles. The normalized spacial score (nSPS) is 11.0. The van der Waals surface area contributed by atoms with Crippen LogP contribution in [-0.2, 0) is 12.8 Å². The van der Waals surface area contributed by atoms with Gasteiger partial charge in [-0.1, -0.05) is 96.3 Å². The van der Waals surface area contributed by atoms with Crippen molar-refractivity contribution in [3.05, 3.63) is 77.4 Å². The first-order valence-corrected chi connectivity index (χ1v) is 14.5. The Labute approximate surface area is 228 Å². The number of hydrogen-bond donors (Lipinski definition) is 0. The molecule has 5 heteroatoms. The minimum atomic E-state index is -0.590. The van der Waals surface area contributed by atoms with E-state index in [1.165, 1.54) is 63.9 Å². The van der Waals surface area contributed by atoms with Crippen molar-refractivity contribution in [3.8, 4) is 17.1 Å². The highest BCUT2D eigenvalue weighted by Gasteiger charge is 2.13. The molecule has 0 unspecified atom stereocenters. The Morgan fingerprint density at radius 1 is 0.711 bits per heavy atom. The fourth-order valence-electron chi connectivity index (χ4n) is 4.55. The van der Waals surface area contributed by atoms with E-state index in [9.17, 15) is 9.18 Å². The summed E-state index contributed by atoms with van der Waals surface area (Å²) in [6.45, 7) is 4.42. The highest BCUT2D eigenvalue weighted by atomic mass is 19.1. The van der Waals surface area contributed by atoms with Crippen LogP contribution in [0.25, 0.3) is 11.4 Å². The molecule has 4 nitrogen and oxygen atoms in total. The average Bonchev–Trinajstić information content (AvgIpc) is 2.94. The average molecular weight is 519 g/mol. The summed E-state index contributed by atoms with van der Waals surface area (Å²) in [4.78, 5) is 21.6. The molecular weight excluding hydrogens is 475 g/mol. The van der Waals surface area contributed by atoms with Gasteiger partial charge in [-0.2, -0.15) is 0 Å². The SMILES string of the molecule is CCCCCCCCCCc1cnc(-c2ccc(C(=O)Oc3ccc(CCCCCC)cc3F)cc2)nc1. The molecule has 3 rings (SSSR count). The van der Waals surface area contributed by atoms with Gasteiger partial charge in [0.25, 0.3) is 0 Å². The van der Waals surface area contributed by atoms with Gasteiger partial charge < -0.3 is 4.74 Å². The van der Waals surface area contributed by atoms with Crippen molar-refractivity contribution in [1.29, 1.82) is 0 Å². The van der Waals surface area contributed by atoms with Crippen LogP contribution in [0.15, 0.2) is 54.9 Å². The number of ether oxygens (including phenoxy) is 1. The number of carbonyl (C=O) groups is 1. The van der Waals surface area contributed by atoms with Crippen molar-refractivity contribution in [3.63, 3.8) is 0 Å². The van der Waals surface area contributed by atoms with E-state index in [2.05, 4.69) is 23.8 Å². The van der Waals surface area contributed by atoms with Gasteiger partial charge in [0.15, 0.2) is 17.4 Å². The number of nitrogens with zero attached hydrogens (tertiary/aromatic N) is 2. The number of benzene rings is 2. The van der Waals surface area contributed by atoms with Crippen molar-refractivity contribution in [2.45, 2.75) is 104 Å². The smallest absolute Gasteiger partial charge is 0.343 e. The van der Waals surface area contributed by atoms with Gasteiger partial charge in [0.1, 0.15) is 0 Å². The zero-order valence-electron chi connectivity index (χ0n) is 23.2. The van der Waals surface area contributed by atoms with Crippen LogP contribution < -0.4 is 4.74 Å². The predicted molar refractivity (Wildman–Crippen MR) is 153 cm³/mol. The van der Waals surface area contributed by atoms with Gasteiger partial charge in [-0.25, -0.2) is 19.2 Å². The summed E-state index contributed by atoms with van der Waals surface area (Å²) in [6.07, 6.45) is 20.5. The Morgan fingerprint density at radius 3 is 1.87 bits per heavy atom. The number of esters is 1. The Bertz CT molecular complexity index is 1100. The lowest BCUT2D eigenvalue weighted by Crippen LogP contribution is -2.09. The lowest BCUT2D eigenvalue weighted by molar-refractivity contribution is 0.0728. The maximum absolute atomic E-state index is 14.5. The summed E-state index contributed by atoms with van der Waals surface area (Å²) in [7, 11) is 0. The highest BCUT2D eigenvalue weighted by Crippen LogP contribution is 2.22. The molecule has 0 bridgehead atoms. The standard InChI is InChI=1S/C33H43FN2O2/c1-3-5-7-9-10-11-12-14-16-27-24-35-32(36-25-27)28-18-20-29(21-19-28)33(37)38-31-22-17-26(23-30(31)34)15-13-8-6-4-2/h17-25H,3-16H2,1-2H3. The molecule has 0 aliphatic carbocycles. The third-order valence-corrected chi connectivity index (χ3v) is 6.92. The second-order valence-electron chi connectivity index (χ2n) is 10.2. The molecule has 0 amide bonds. The Morgan fingerprint density at radius 2 is 1.26 bits per heavy atom. The van der Waals surface area contributed by atoms with Gasteiger partial charge in [-0.15, -0.1) is 0 Å². The van der Waals surface area contributed by atoms with Gasteiger partial charge in [-0.05, 0) is 61.1 Å². The van der Waals surface area contributed by atoms with E-state index in [0.29, 0.717) is 11.4 Å². The largest absolute Gasteiger partial charge is 0.420 e. The van der Waals surface area contributed by atoms with Crippen molar-refractivity contribution in [2.75, 3.05) is 0 Å². The number of aromatic nitrogens is 2. The number of carbonyl (C=O) groups excluding carboxylic acids is 1. The van der Waals surface area contributed by atoms with Crippen LogP contribution >= 0.6 is 0 Å². The number of unbranched alkanes of at least 4 members (excludes halogenated alkanes) is 10. The summed E-state index contributed by atoms with van der Waals surface area (Å²) < 4.78 is 19.8. The Balaban J connectivity index is 1.46. The Hall–Kier alpha value is -3.08. The zero-order valence-corrected chi connectivity index (χ0v) is 23.2. The molecule has 0 atom stereocenters. The number of aryl methyl sites for hydroxylation is 2. The van der Waals surface area contributed by atoms with Crippen molar-refractivity contribution >= 4 is 5.97 Å². The van der Waals surface area contributed by atoms with Gasteiger partial charge in [-0.3, -0.25) is 0 Å². The first-order valence-electron chi connectivity index (χ1n) is 14.5. The molecule has 2 aromatic carbocycles. The summed E-state index contributed by atoms with van der Waals surface area (Å²) in [5.41, 5.74) is 3.24. The minimum Gasteiger partial charge on any atom is -0.420 e. The number of rotatable bonds is 17. The van der Waals surface area contributed by atoms with Gasteiger partial charge >= 0.3 is 5.97 Å². The maximum atomic E-state index is 14.5. The van der Waals surface area contributed by atoms with Gasteiger partial charge in [0.2, 0.25) is 0 Å². The van der Waals surface area contributed by atoms with Crippen molar-refractivity contribution < 1.29 is 13.9 Å². The van der Waals surface area contributed by atoms with Gasteiger partial charge in [0.05, 0.1) is 5.56 Å². The van der Waals surface area contributed by atoms with E-state index < -0.39 is 11.8 Å². The van der Waals surface area contributed by atoms with Crippen LogP contribution in [0.4, 0.5) is 4.39 Å². The third-order valence-electron chi connectivity index (χ3n) is 6.92. The molecule has 0 fully saturated rings. The third kappa shape index (κ3) is 10.00. The molecule has 204 valence electrons. The van der Waals surface area contributed by atoms with Crippen LogP contribution in [0, 0.1) is 5.82 Å². The molecule has 0 radical (unpaired) electrons. The highest BCUT2D eigenvalue weighted by molar-refractivity contribution is 5.91. The van der Waals surface area contributed by atoms with E-state index in [1.54, 1.807) is 30.3 Å². The summed E-state index contributed by atoms with van der Waals surface area (Å²) in [6, 6.07) is 11.7. The van der Waals surface area contributed by atoms with Gasteiger partial charge in [0, 0.05) is 18.0 Å². The molecule has 3 aromatic rings. The maximum Gasteiger partial charge on any atom is 0.343 e. The molecule has 1 heterocycles. The summed E-state index contributed by atoms with van der Waals surface area (Å²) in [5.74, 6) is -0.534. The second kappa shape index (κ2) is 16.7. The minimum absolute atomic E-state index is 0.0493. The summed E-state index contributed by atoms with van der Waals surface area (Å²) >= 11 is 0. The zero-order chi connectivity index (χ0) is 27.0. The molecule has 0 aliphatic rings. The van der Waals surface area contributed by atoms with Crippen LogP contribution in [0.5, 0.6) is 5.75 Å². The first kappa shape index (κ1) is 29.5. The Kier molecular flexibility index (Phi) is 13.0. The molecule has 0 aliphatic heterocycles. The van der Waals surface area contributed by atoms with E-state index in [4.69, 9.17) is 4.74 Å². The van der Waals surface area contributed by atoms with Crippen molar-refractivity contribution in [1.82, 2.24) is 9.97 Å². The van der Waals surface area contributed by atoms with Crippen LogP contribution in [0.1, 0.15) is 112 Å². The van der Waals surface area contributed by atoms with E-state index in [-0.39, 0.29) is 5.75 Å². The topological polar surface area (TPSA) is 52.1 Å². The fraction of sp³-hybridized carbons (Fsp3) is 0.485.